The van der Waals surface area contributed by atoms with Gasteiger partial charge in [0.05, 0.1) is 18.5 Å². The smallest absolute Gasteiger partial charge is 0.280 e. The molecule has 0 aliphatic heterocycles. The van der Waals surface area contributed by atoms with Crippen LogP contribution in [-0.2, 0) is 0 Å². The number of amides is 1. The third kappa shape index (κ3) is 3.52. The predicted molar refractivity (Wildman–Crippen MR) is 96.7 cm³/mol. The van der Waals surface area contributed by atoms with Crippen LogP contribution in [0.3, 0.4) is 0 Å². The summed E-state index contributed by atoms with van der Waals surface area (Å²) in [6, 6.07) is 11.7. The quantitative estimate of drug-likeness (QED) is 0.726. The molecule has 0 radical (unpaired) electrons. The molecular formula is C16H13Cl2N5O2. The number of nitrogens with one attached hydrogen (secondary N) is 1. The van der Waals surface area contributed by atoms with Crippen LogP contribution in [0.15, 0.2) is 42.5 Å². The number of hydrogen-bond acceptors (Lipinski definition) is 5. The predicted octanol–water partition coefficient (Wildman–Crippen LogP) is 3.42. The minimum Gasteiger partial charge on any atom is -0.495 e. The highest BCUT2D eigenvalue weighted by Gasteiger charge is 2.20. The van der Waals surface area contributed by atoms with Gasteiger partial charge in [0.15, 0.2) is 11.5 Å². The molecule has 1 aromatic heterocycles. The molecule has 3 aromatic rings. The van der Waals surface area contributed by atoms with Crippen molar-refractivity contribution < 1.29 is 9.53 Å². The Morgan fingerprint density at radius 3 is 2.52 bits per heavy atom. The number of nitrogens with zero attached hydrogens (tertiary/aromatic N) is 3. The summed E-state index contributed by atoms with van der Waals surface area (Å²) in [4.78, 5) is 12.5. The van der Waals surface area contributed by atoms with Crippen LogP contribution in [0.5, 0.6) is 5.75 Å². The highest BCUT2D eigenvalue weighted by Crippen LogP contribution is 2.28. The summed E-state index contributed by atoms with van der Waals surface area (Å²) in [5.74, 6) is 0.0283. The number of rotatable bonds is 4. The summed E-state index contributed by atoms with van der Waals surface area (Å²) in [6.45, 7) is 0. The van der Waals surface area contributed by atoms with E-state index in [1.165, 1.54) is 11.8 Å². The van der Waals surface area contributed by atoms with Gasteiger partial charge in [-0.15, -0.1) is 5.10 Å². The summed E-state index contributed by atoms with van der Waals surface area (Å²) in [5, 5.41) is 11.5. The zero-order chi connectivity index (χ0) is 18.0. The Labute approximate surface area is 153 Å². The molecule has 0 saturated heterocycles. The molecule has 1 heterocycles. The van der Waals surface area contributed by atoms with E-state index in [1.807, 2.05) is 0 Å². The standard InChI is InChI=1S/C16H13Cl2N5O2/c1-25-13-7-4-10(18)8-12(13)20-16(24)14-15(19)23(22-21-14)11-5-2-9(17)3-6-11/h2-8H,19H2,1H3,(H,20,24). The monoisotopic (exact) mass is 377 g/mol. The Morgan fingerprint density at radius 1 is 1.16 bits per heavy atom. The van der Waals surface area contributed by atoms with Gasteiger partial charge in [0.1, 0.15) is 5.75 Å². The van der Waals surface area contributed by atoms with Crippen molar-refractivity contribution in [3.63, 3.8) is 0 Å². The molecule has 25 heavy (non-hydrogen) atoms. The molecule has 0 atom stereocenters. The largest absolute Gasteiger partial charge is 0.495 e. The lowest BCUT2D eigenvalue weighted by molar-refractivity contribution is 0.102. The molecule has 128 valence electrons. The molecule has 9 heteroatoms. The minimum atomic E-state index is -0.529. The van der Waals surface area contributed by atoms with Gasteiger partial charge in [0, 0.05) is 10.0 Å². The third-order valence-corrected chi connectivity index (χ3v) is 3.89. The first-order valence-electron chi connectivity index (χ1n) is 7.11. The maximum Gasteiger partial charge on any atom is 0.280 e. The number of aromatic nitrogens is 3. The molecule has 2 aromatic carbocycles. The Kier molecular flexibility index (Phi) is 4.78. The number of methoxy groups -OCH3 is 1. The lowest BCUT2D eigenvalue weighted by Crippen LogP contribution is -2.15. The third-order valence-electron chi connectivity index (χ3n) is 3.40. The van der Waals surface area contributed by atoms with Gasteiger partial charge >= 0.3 is 0 Å². The molecule has 0 aliphatic rings. The van der Waals surface area contributed by atoms with E-state index in [1.54, 1.807) is 42.5 Å². The van der Waals surface area contributed by atoms with Gasteiger partial charge in [0.2, 0.25) is 0 Å². The van der Waals surface area contributed by atoms with Gasteiger partial charge in [-0.25, -0.2) is 0 Å². The first kappa shape index (κ1) is 17.1. The van der Waals surface area contributed by atoms with E-state index < -0.39 is 5.91 Å². The molecule has 3 N–H and O–H groups in total. The first-order chi connectivity index (χ1) is 12.0. The number of benzene rings is 2. The Morgan fingerprint density at radius 2 is 1.84 bits per heavy atom. The number of ether oxygens (including phenoxy) is 1. The van der Waals surface area contributed by atoms with Crippen LogP contribution >= 0.6 is 23.2 Å². The molecule has 0 unspecified atom stereocenters. The van der Waals surface area contributed by atoms with Crippen molar-refractivity contribution in [3.05, 3.63) is 58.2 Å². The number of halogens is 2. The van der Waals surface area contributed by atoms with Gasteiger partial charge in [-0.3, -0.25) is 4.79 Å². The van der Waals surface area contributed by atoms with Gasteiger partial charge in [0.25, 0.3) is 5.91 Å². The van der Waals surface area contributed by atoms with Crippen molar-refractivity contribution in [2.75, 3.05) is 18.2 Å². The molecule has 7 nitrogen and oxygen atoms in total. The number of nitrogen functional groups attached to an aromatic ring is 1. The molecule has 3 rings (SSSR count). The lowest BCUT2D eigenvalue weighted by atomic mass is 10.2. The Hall–Kier alpha value is -2.77. The average molecular weight is 378 g/mol. The minimum absolute atomic E-state index is 0.0167. The van der Waals surface area contributed by atoms with Gasteiger partial charge in [-0.05, 0) is 42.5 Å². The second kappa shape index (κ2) is 7.00. The van der Waals surface area contributed by atoms with Crippen LogP contribution in [0.25, 0.3) is 5.69 Å². The SMILES string of the molecule is COc1ccc(Cl)cc1NC(=O)c1nnn(-c2ccc(Cl)cc2)c1N. The van der Waals surface area contributed by atoms with E-state index >= 15 is 0 Å². The van der Waals surface area contributed by atoms with Crippen molar-refractivity contribution in [2.24, 2.45) is 0 Å². The van der Waals surface area contributed by atoms with Crippen LogP contribution in [-0.4, -0.2) is 28.0 Å². The number of anilines is 2. The fourth-order valence-electron chi connectivity index (χ4n) is 2.18. The Balaban J connectivity index is 1.89. The highest BCUT2D eigenvalue weighted by molar-refractivity contribution is 6.31. The summed E-state index contributed by atoms with van der Waals surface area (Å²) >= 11 is 11.8. The fraction of sp³-hybridized carbons (Fsp3) is 0.0625. The van der Waals surface area contributed by atoms with E-state index in [2.05, 4.69) is 15.6 Å². The average Bonchev–Trinajstić information content (AvgIpc) is 2.97. The van der Waals surface area contributed by atoms with E-state index in [9.17, 15) is 4.79 Å². The fourth-order valence-corrected chi connectivity index (χ4v) is 2.48. The zero-order valence-electron chi connectivity index (χ0n) is 13.0. The van der Waals surface area contributed by atoms with Crippen LogP contribution in [0.2, 0.25) is 10.0 Å². The topological polar surface area (TPSA) is 95.1 Å². The summed E-state index contributed by atoms with van der Waals surface area (Å²) in [6.07, 6.45) is 0. The number of carbonyl (C=O) groups is 1. The van der Waals surface area contributed by atoms with Crippen LogP contribution in [0.1, 0.15) is 10.5 Å². The maximum absolute atomic E-state index is 12.5. The lowest BCUT2D eigenvalue weighted by Gasteiger charge is -2.09. The second-order valence-corrected chi connectivity index (χ2v) is 5.88. The summed E-state index contributed by atoms with van der Waals surface area (Å²) in [7, 11) is 1.49. The molecule has 0 fully saturated rings. The van der Waals surface area contributed by atoms with Crippen molar-refractivity contribution in [1.82, 2.24) is 15.0 Å². The van der Waals surface area contributed by atoms with Gasteiger partial charge in [-0.2, -0.15) is 4.68 Å². The normalized spacial score (nSPS) is 10.5. The first-order valence-corrected chi connectivity index (χ1v) is 7.87. The number of carbonyl (C=O) groups excluding carboxylic acids is 1. The number of nitrogens with two attached hydrogens (primary N) is 1. The van der Waals surface area contributed by atoms with Crippen LogP contribution < -0.4 is 15.8 Å². The molecule has 0 aliphatic carbocycles. The van der Waals surface area contributed by atoms with Gasteiger partial charge in [-0.1, -0.05) is 28.4 Å². The zero-order valence-corrected chi connectivity index (χ0v) is 14.5. The summed E-state index contributed by atoms with van der Waals surface area (Å²) < 4.78 is 6.54. The molecular weight excluding hydrogens is 365 g/mol. The van der Waals surface area contributed by atoms with Crippen molar-refractivity contribution in [3.8, 4) is 11.4 Å². The van der Waals surface area contributed by atoms with Crippen molar-refractivity contribution in [1.29, 1.82) is 0 Å². The van der Waals surface area contributed by atoms with Crippen molar-refractivity contribution >= 4 is 40.6 Å². The van der Waals surface area contributed by atoms with Gasteiger partial charge < -0.3 is 15.8 Å². The molecule has 0 saturated carbocycles. The van der Waals surface area contributed by atoms with Crippen LogP contribution in [0.4, 0.5) is 11.5 Å². The molecule has 1 amide bonds. The highest BCUT2D eigenvalue weighted by atomic mass is 35.5. The van der Waals surface area contributed by atoms with E-state index in [0.717, 1.165) is 0 Å². The van der Waals surface area contributed by atoms with E-state index in [-0.39, 0.29) is 11.5 Å². The van der Waals surface area contributed by atoms with E-state index in [4.69, 9.17) is 33.7 Å². The van der Waals surface area contributed by atoms with Crippen LogP contribution in [0, 0.1) is 0 Å². The second-order valence-electron chi connectivity index (χ2n) is 5.01. The summed E-state index contributed by atoms with van der Waals surface area (Å²) in [5.41, 5.74) is 7.03. The van der Waals surface area contributed by atoms with Crippen molar-refractivity contribution in [2.45, 2.75) is 0 Å². The molecule has 0 spiro atoms. The number of hydrogen-bond donors (Lipinski definition) is 2. The van der Waals surface area contributed by atoms with E-state index in [0.29, 0.717) is 27.2 Å². The molecule has 0 bridgehead atoms. The Bertz CT molecular complexity index is 925. The maximum atomic E-state index is 12.5.